The fourth-order valence-electron chi connectivity index (χ4n) is 1.67. The molecule has 0 saturated carbocycles. The number of nitrogens with two attached hydrogens (primary N) is 1. The Balaban J connectivity index is 2.23. The first-order chi connectivity index (χ1) is 7.29. The van der Waals surface area contributed by atoms with Crippen LogP contribution >= 0.6 is 11.3 Å². The highest BCUT2D eigenvalue weighted by Gasteiger charge is 2.03. The van der Waals surface area contributed by atoms with Gasteiger partial charge in [0.2, 0.25) is 0 Å². The lowest BCUT2D eigenvalue weighted by molar-refractivity contribution is 1.07. The molecule has 0 fully saturated rings. The fourth-order valence-corrected chi connectivity index (χ4v) is 2.37. The largest absolute Gasteiger partial charge is 0.375 e. The van der Waals surface area contributed by atoms with E-state index in [1.165, 1.54) is 16.0 Å². The third-order valence-corrected chi connectivity index (χ3v) is 3.26. The van der Waals surface area contributed by atoms with Crippen LogP contribution in [0.5, 0.6) is 0 Å². The first-order valence-electron chi connectivity index (χ1n) is 5.06. The Morgan fingerprint density at radius 3 is 2.60 bits per heavy atom. The summed E-state index contributed by atoms with van der Waals surface area (Å²) in [5.41, 5.74) is 8.40. The van der Waals surface area contributed by atoms with Crippen LogP contribution in [-0.2, 0) is 12.8 Å². The average molecular weight is 218 g/mol. The molecule has 0 bridgehead atoms. The van der Waals surface area contributed by atoms with Crippen LogP contribution in [0.3, 0.4) is 0 Å². The smallest absolute Gasteiger partial charge is 0.180 e. The molecule has 0 amide bonds. The topological polar surface area (TPSA) is 38.9 Å². The summed E-state index contributed by atoms with van der Waals surface area (Å²) in [5.74, 6) is 0. The molecule has 78 valence electrons. The maximum atomic E-state index is 5.61. The molecule has 0 aliphatic heterocycles. The highest BCUT2D eigenvalue weighted by molar-refractivity contribution is 7.15. The van der Waals surface area contributed by atoms with Crippen LogP contribution in [0.1, 0.15) is 22.9 Å². The summed E-state index contributed by atoms with van der Waals surface area (Å²) < 4.78 is 0. The Labute approximate surface area is 93.8 Å². The van der Waals surface area contributed by atoms with Gasteiger partial charge in [0.1, 0.15) is 0 Å². The Kier molecular flexibility index (Phi) is 3.02. The lowest BCUT2D eigenvalue weighted by atomic mass is 10.0. The number of hydrogen-bond acceptors (Lipinski definition) is 3. The van der Waals surface area contributed by atoms with E-state index in [1.807, 2.05) is 6.20 Å². The number of hydrogen-bond donors (Lipinski definition) is 1. The van der Waals surface area contributed by atoms with Gasteiger partial charge in [0, 0.05) is 17.5 Å². The zero-order valence-electron chi connectivity index (χ0n) is 8.73. The van der Waals surface area contributed by atoms with Gasteiger partial charge in [-0.3, -0.25) is 0 Å². The van der Waals surface area contributed by atoms with Gasteiger partial charge in [0.05, 0.1) is 0 Å². The minimum absolute atomic E-state index is 0.652. The number of aryl methyl sites for hydroxylation is 1. The van der Waals surface area contributed by atoms with Crippen molar-refractivity contribution in [3.05, 3.63) is 46.5 Å². The van der Waals surface area contributed by atoms with Crippen molar-refractivity contribution in [1.29, 1.82) is 0 Å². The molecule has 1 heterocycles. The molecule has 2 nitrogen and oxygen atoms in total. The quantitative estimate of drug-likeness (QED) is 0.860. The molecule has 2 N–H and O–H groups in total. The van der Waals surface area contributed by atoms with Gasteiger partial charge < -0.3 is 5.73 Å². The van der Waals surface area contributed by atoms with Gasteiger partial charge in [-0.1, -0.05) is 31.2 Å². The van der Waals surface area contributed by atoms with Crippen molar-refractivity contribution in [1.82, 2.24) is 4.98 Å². The summed E-state index contributed by atoms with van der Waals surface area (Å²) in [6, 6.07) is 8.52. The Bertz CT molecular complexity index is 448. The fraction of sp³-hybridized carbons (Fsp3) is 0.250. The minimum atomic E-state index is 0.652. The predicted molar refractivity (Wildman–Crippen MR) is 65.2 cm³/mol. The number of anilines is 1. The molecule has 0 radical (unpaired) electrons. The Morgan fingerprint density at radius 1 is 1.27 bits per heavy atom. The summed E-state index contributed by atoms with van der Waals surface area (Å²) in [6.07, 6.45) is 3.88. The molecule has 0 spiro atoms. The van der Waals surface area contributed by atoms with E-state index in [2.05, 4.69) is 36.2 Å². The van der Waals surface area contributed by atoms with E-state index in [9.17, 15) is 0 Å². The maximum Gasteiger partial charge on any atom is 0.180 e. The van der Waals surface area contributed by atoms with Crippen LogP contribution in [0, 0.1) is 0 Å². The van der Waals surface area contributed by atoms with Gasteiger partial charge in [0.15, 0.2) is 5.13 Å². The second kappa shape index (κ2) is 4.45. The van der Waals surface area contributed by atoms with Crippen LogP contribution < -0.4 is 5.73 Å². The molecular weight excluding hydrogens is 204 g/mol. The second-order valence-electron chi connectivity index (χ2n) is 3.46. The first kappa shape index (κ1) is 10.2. The van der Waals surface area contributed by atoms with Crippen molar-refractivity contribution in [3.63, 3.8) is 0 Å². The van der Waals surface area contributed by atoms with Gasteiger partial charge in [0.25, 0.3) is 0 Å². The number of benzene rings is 1. The van der Waals surface area contributed by atoms with Crippen LogP contribution in [0.25, 0.3) is 0 Å². The maximum absolute atomic E-state index is 5.61. The highest BCUT2D eigenvalue weighted by atomic mass is 32.1. The van der Waals surface area contributed by atoms with Crippen molar-refractivity contribution in [2.75, 3.05) is 5.73 Å². The van der Waals surface area contributed by atoms with Crippen molar-refractivity contribution in [2.45, 2.75) is 19.8 Å². The minimum Gasteiger partial charge on any atom is -0.375 e. The van der Waals surface area contributed by atoms with E-state index in [4.69, 9.17) is 5.73 Å². The van der Waals surface area contributed by atoms with Gasteiger partial charge in [-0.25, -0.2) is 4.98 Å². The van der Waals surface area contributed by atoms with Crippen molar-refractivity contribution in [3.8, 4) is 0 Å². The molecule has 0 unspecified atom stereocenters. The van der Waals surface area contributed by atoms with Crippen LogP contribution in [-0.4, -0.2) is 4.98 Å². The van der Waals surface area contributed by atoms with Gasteiger partial charge >= 0.3 is 0 Å². The summed E-state index contributed by atoms with van der Waals surface area (Å²) in [7, 11) is 0. The molecule has 0 saturated heterocycles. The number of rotatable bonds is 3. The molecule has 1 aromatic heterocycles. The van der Waals surface area contributed by atoms with E-state index in [-0.39, 0.29) is 0 Å². The van der Waals surface area contributed by atoms with E-state index < -0.39 is 0 Å². The summed E-state index contributed by atoms with van der Waals surface area (Å²) in [4.78, 5) is 5.29. The molecule has 0 atom stereocenters. The second-order valence-corrected chi connectivity index (χ2v) is 4.61. The van der Waals surface area contributed by atoms with E-state index in [0.29, 0.717) is 5.13 Å². The summed E-state index contributed by atoms with van der Waals surface area (Å²) in [5, 5.41) is 0.652. The zero-order chi connectivity index (χ0) is 10.7. The van der Waals surface area contributed by atoms with Gasteiger partial charge in [-0.2, -0.15) is 0 Å². The molecule has 0 aliphatic rings. The number of nitrogens with zero attached hydrogens (tertiary/aromatic N) is 1. The summed E-state index contributed by atoms with van der Waals surface area (Å²) >= 11 is 1.57. The molecule has 0 aliphatic carbocycles. The zero-order valence-corrected chi connectivity index (χ0v) is 9.55. The molecule has 15 heavy (non-hydrogen) atoms. The van der Waals surface area contributed by atoms with E-state index in [1.54, 1.807) is 11.3 Å². The van der Waals surface area contributed by atoms with Crippen molar-refractivity contribution < 1.29 is 0 Å². The van der Waals surface area contributed by atoms with E-state index >= 15 is 0 Å². The number of nitrogen functional groups attached to an aromatic ring is 1. The normalized spacial score (nSPS) is 10.5. The lowest BCUT2D eigenvalue weighted by Gasteiger charge is -2.05. The summed E-state index contributed by atoms with van der Waals surface area (Å²) in [6.45, 7) is 2.18. The van der Waals surface area contributed by atoms with E-state index in [0.717, 1.165) is 12.8 Å². The standard InChI is InChI=1S/C12H14N2S/c1-2-9-5-3-4-6-10(9)7-11-8-14-12(13)15-11/h3-6,8H,2,7H2,1H3,(H2,13,14). The Morgan fingerprint density at radius 2 is 2.00 bits per heavy atom. The molecule has 2 rings (SSSR count). The third kappa shape index (κ3) is 2.36. The Hall–Kier alpha value is -1.35. The number of aromatic nitrogens is 1. The average Bonchev–Trinajstić information content (AvgIpc) is 2.65. The van der Waals surface area contributed by atoms with Crippen LogP contribution in [0.2, 0.25) is 0 Å². The molecule has 3 heteroatoms. The van der Waals surface area contributed by atoms with Crippen LogP contribution in [0.4, 0.5) is 5.13 Å². The number of thiazole rings is 1. The molecule has 1 aromatic carbocycles. The SMILES string of the molecule is CCc1ccccc1Cc1cnc(N)s1. The highest BCUT2D eigenvalue weighted by Crippen LogP contribution is 2.20. The molecular formula is C12H14N2S. The van der Waals surface area contributed by atoms with Crippen molar-refractivity contribution in [2.24, 2.45) is 0 Å². The van der Waals surface area contributed by atoms with Gasteiger partial charge in [-0.15, -0.1) is 11.3 Å². The predicted octanol–water partition coefficient (Wildman–Crippen LogP) is 2.88. The molecule has 2 aromatic rings. The van der Waals surface area contributed by atoms with Crippen LogP contribution in [0.15, 0.2) is 30.5 Å². The van der Waals surface area contributed by atoms with Crippen molar-refractivity contribution >= 4 is 16.5 Å². The monoisotopic (exact) mass is 218 g/mol. The lowest BCUT2D eigenvalue weighted by Crippen LogP contribution is -1.92. The first-order valence-corrected chi connectivity index (χ1v) is 5.88. The third-order valence-electron chi connectivity index (χ3n) is 2.44. The van der Waals surface area contributed by atoms with Gasteiger partial charge in [-0.05, 0) is 17.5 Å².